The van der Waals surface area contributed by atoms with E-state index >= 15 is 0 Å². The first-order valence-corrected chi connectivity index (χ1v) is 16.0. The molecule has 0 spiro atoms. The van der Waals surface area contributed by atoms with Gasteiger partial charge in [-0.1, -0.05) is 45.2 Å². The van der Waals surface area contributed by atoms with Gasteiger partial charge < -0.3 is 5.11 Å². The van der Waals surface area contributed by atoms with E-state index in [4.69, 9.17) is 11.6 Å². The number of carbonyl (C=O) groups excluding carboxylic acids is 4. The molecule has 7 nitrogen and oxygen atoms in total. The summed E-state index contributed by atoms with van der Waals surface area (Å²) in [7, 11) is 0. The zero-order valence-electron chi connectivity index (χ0n) is 22.8. The Kier molecular flexibility index (Phi) is 6.68. The van der Waals surface area contributed by atoms with Crippen molar-refractivity contribution >= 4 is 68.2 Å². The lowest BCUT2D eigenvalue weighted by molar-refractivity contribution is -0.141. The molecule has 0 unspecified atom stereocenters. The summed E-state index contributed by atoms with van der Waals surface area (Å²) >= 11 is 11.0. The number of nitrogens with zero attached hydrogens (tertiary/aromatic N) is 2. The molecule has 2 aliphatic heterocycles. The van der Waals surface area contributed by atoms with E-state index in [1.807, 2.05) is 23.6 Å². The summed E-state index contributed by atoms with van der Waals surface area (Å²) in [4.78, 5) is 59.4. The number of hydrogen-bond donors (Lipinski definition) is 1. The van der Waals surface area contributed by atoms with E-state index in [0.717, 1.165) is 21.4 Å². The SMILES string of the molecule is C[C@@]12C(=O)N(c3ccc(F)c(Cl)c3)C(=O)[C@@H]1C[C@@H]1C(=CC[C@@H]3C(=O)N(Cc4cccs4)C(=O)[C@@H]31)[C@@H]2c1cc(Br)ccc1O. The summed E-state index contributed by atoms with van der Waals surface area (Å²) in [5.74, 6) is -5.61. The Hall–Kier alpha value is -3.34. The third-order valence-corrected chi connectivity index (χ3v) is 11.4. The third kappa shape index (κ3) is 4.09. The number of anilines is 1. The topological polar surface area (TPSA) is 95.0 Å². The first kappa shape index (κ1) is 28.4. The van der Waals surface area contributed by atoms with Crippen LogP contribution in [0.1, 0.15) is 36.1 Å². The summed E-state index contributed by atoms with van der Waals surface area (Å²) in [6.07, 6.45) is 2.43. The van der Waals surface area contributed by atoms with Gasteiger partial charge >= 0.3 is 0 Å². The lowest BCUT2D eigenvalue weighted by atomic mass is 9.51. The summed E-state index contributed by atoms with van der Waals surface area (Å²) in [6.45, 7) is 1.92. The number of fused-ring (bicyclic) bond motifs is 4. The molecule has 2 aliphatic carbocycles. The Morgan fingerprint density at radius 2 is 1.86 bits per heavy atom. The van der Waals surface area contributed by atoms with Crippen LogP contribution < -0.4 is 4.90 Å². The Bertz CT molecular complexity index is 1760. The van der Waals surface area contributed by atoms with Gasteiger partial charge in [0.2, 0.25) is 23.6 Å². The Morgan fingerprint density at radius 1 is 1.07 bits per heavy atom. The van der Waals surface area contributed by atoms with Crippen molar-refractivity contribution in [2.75, 3.05) is 4.90 Å². The highest BCUT2D eigenvalue weighted by molar-refractivity contribution is 9.10. The summed E-state index contributed by atoms with van der Waals surface area (Å²) < 4.78 is 14.7. The number of amides is 4. The molecule has 4 amide bonds. The number of phenols is 1. The van der Waals surface area contributed by atoms with Gasteiger partial charge in [-0.25, -0.2) is 9.29 Å². The number of likely N-dealkylation sites (tertiary alicyclic amines) is 1. The maximum Gasteiger partial charge on any atom is 0.241 e. The molecule has 3 fully saturated rings. The molecule has 2 aromatic carbocycles. The Labute approximate surface area is 264 Å². The van der Waals surface area contributed by atoms with E-state index in [9.17, 15) is 28.7 Å². The smallest absolute Gasteiger partial charge is 0.241 e. The van der Waals surface area contributed by atoms with Gasteiger partial charge in [-0.3, -0.25) is 24.1 Å². The van der Waals surface area contributed by atoms with Crippen molar-refractivity contribution < 1.29 is 28.7 Å². The van der Waals surface area contributed by atoms with Crippen LogP contribution >= 0.6 is 38.9 Å². The molecule has 3 aromatic rings. The summed E-state index contributed by atoms with van der Waals surface area (Å²) in [6, 6.07) is 12.4. The van der Waals surface area contributed by atoms with Crippen LogP contribution in [0.15, 0.2) is 70.0 Å². The summed E-state index contributed by atoms with van der Waals surface area (Å²) in [5.41, 5.74) is 0.0304. The molecular weight excluding hydrogens is 659 g/mol. The number of allylic oxidation sites excluding steroid dienone is 2. The van der Waals surface area contributed by atoms with Crippen molar-refractivity contribution in [1.82, 2.24) is 4.90 Å². The normalized spacial score (nSPS) is 30.0. The molecule has 0 radical (unpaired) electrons. The van der Waals surface area contributed by atoms with Gasteiger partial charge in [0.1, 0.15) is 11.6 Å². The molecular formula is C32H25BrClFN2O5S. The highest BCUT2D eigenvalue weighted by Crippen LogP contribution is 2.64. The molecule has 6 atom stereocenters. The molecule has 1 aromatic heterocycles. The van der Waals surface area contributed by atoms with Crippen molar-refractivity contribution in [3.05, 3.63) is 91.3 Å². The molecule has 1 N–H and O–H groups in total. The van der Waals surface area contributed by atoms with Crippen LogP contribution in [0.4, 0.5) is 10.1 Å². The minimum atomic E-state index is -1.34. The van der Waals surface area contributed by atoms with Gasteiger partial charge in [-0.15, -0.1) is 11.3 Å². The van der Waals surface area contributed by atoms with Gasteiger partial charge in [0.15, 0.2) is 0 Å². The molecule has 2 saturated heterocycles. The number of thiophene rings is 1. The standard InChI is InChI=1S/C32H25BrClFN2O5S/c1-32-22(29(40)37(31(32)42)16-5-8-24(35)23(34)12-16)13-20-18(27(32)21-11-15(33)4-9-25(21)38)6-7-19-26(20)30(41)36(28(19)39)14-17-3-2-10-43-17/h2-6,8-12,19-20,22,26-27,38H,7,13-14H2,1H3/t19-,20+,22-,26-,27+,32+/m0/s1. The number of carbonyl (C=O) groups is 4. The molecule has 1 saturated carbocycles. The molecule has 11 heteroatoms. The van der Waals surface area contributed by atoms with Crippen LogP contribution in [0.2, 0.25) is 5.02 Å². The molecule has 0 bridgehead atoms. The Morgan fingerprint density at radius 3 is 2.58 bits per heavy atom. The van der Waals surface area contributed by atoms with E-state index < -0.39 is 52.6 Å². The first-order valence-electron chi connectivity index (χ1n) is 13.9. The number of aromatic hydroxyl groups is 1. The second-order valence-corrected chi connectivity index (χ2v) is 14.2. The average Bonchev–Trinajstić information content (AvgIpc) is 3.63. The van der Waals surface area contributed by atoms with Crippen molar-refractivity contribution in [2.45, 2.75) is 32.2 Å². The fraction of sp³-hybridized carbons (Fsp3) is 0.312. The number of phenolic OH excluding ortho intramolecular Hbond substituents is 1. The van der Waals surface area contributed by atoms with Crippen molar-refractivity contribution in [3.8, 4) is 5.75 Å². The second-order valence-electron chi connectivity index (χ2n) is 11.8. The predicted molar refractivity (Wildman–Crippen MR) is 162 cm³/mol. The predicted octanol–water partition coefficient (Wildman–Crippen LogP) is 6.44. The van der Waals surface area contributed by atoms with Crippen LogP contribution in [0.25, 0.3) is 0 Å². The van der Waals surface area contributed by atoms with Crippen LogP contribution in [0, 0.1) is 34.9 Å². The van der Waals surface area contributed by atoms with Crippen LogP contribution in [0.5, 0.6) is 5.75 Å². The number of imide groups is 2. The molecule has 7 rings (SSSR count). The van der Waals surface area contributed by atoms with Crippen molar-refractivity contribution in [2.24, 2.45) is 29.1 Å². The number of rotatable bonds is 4. The largest absolute Gasteiger partial charge is 0.508 e. The van der Waals surface area contributed by atoms with Crippen LogP contribution in [-0.2, 0) is 25.7 Å². The van der Waals surface area contributed by atoms with E-state index in [-0.39, 0.29) is 41.2 Å². The minimum absolute atomic E-state index is 0.0477. The van der Waals surface area contributed by atoms with E-state index in [2.05, 4.69) is 15.9 Å². The lowest BCUT2D eigenvalue weighted by Gasteiger charge is -2.49. The number of halogens is 3. The minimum Gasteiger partial charge on any atom is -0.508 e. The Balaban J connectivity index is 1.36. The lowest BCUT2D eigenvalue weighted by Crippen LogP contribution is -2.48. The molecule has 220 valence electrons. The van der Waals surface area contributed by atoms with Gasteiger partial charge in [0, 0.05) is 20.8 Å². The molecule has 43 heavy (non-hydrogen) atoms. The fourth-order valence-electron chi connectivity index (χ4n) is 7.77. The van der Waals surface area contributed by atoms with Gasteiger partial charge in [0.05, 0.1) is 40.4 Å². The number of benzene rings is 2. The maximum atomic E-state index is 14.4. The first-order chi connectivity index (χ1) is 20.5. The summed E-state index contributed by atoms with van der Waals surface area (Å²) in [5, 5.41) is 12.8. The molecule has 3 heterocycles. The fourth-order valence-corrected chi connectivity index (χ4v) is 9.01. The van der Waals surface area contributed by atoms with E-state index in [0.29, 0.717) is 16.5 Å². The van der Waals surface area contributed by atoms with Crippen LogP contribution in [-0.4, -0.2) is 33.6 Å². The van der Waals surface area contributed by atoms with Crippen LogP contribution in [0.3, 0.4) is 0 Å². The van der Waals surface area contributed by atoms with E-state index in [1.165, 1.54) is 34.4 Å². The monoisotopic (exact) mass is 682 g/mol. The van der Waals surface area contributed by atoms with Crippen molar-refractivity contribution in [1.29, 1.82) is 0 Å². The maximum absolute atomic E-state index is 14.4. The number of hydrogen-bond acceptors (Lipinski definition) is 6. The van der Waals surface area contributed by atoms with Gasteiger partial charge in [-0.05, 0) is 73.5 Å². The van der Waals surface area contributed by atoms with Gasteiger partial charge in [-0.2, -0.15) is 0 Å². The third-order valence-electron chi connectivity index (χ3n) is 9.72. The highest BCUT2D eigenvalue weighted by atomic mass is 79.9. The zero-order chi connectivity index (χ0) is 30.4. The quantitative estimate of drug-likeness (QED) is 0.252. The average molecular weight is 684 g/mol. The zero-order valence-corrected chi connectivity index (χ0v) is 26.0. The molecule has 4 aliphatic rings. The van der Waals surface area contributed by atoms with Crippen molar-refractivity contribution in [3.63, 3.8) is 0 Å². The highest BCUT2D eigenvalue weighted by Gasteiger charge is 2.67. The van der Waals surface area contributed by atoms with Gasteiger partial charge in [0.25, 0.3) is 0 Å². The van der Waals surface area contributed by atoms with E-state index in [1.54, 1.807) is 19.1 Å². The second kappa shape index (κ2) is 10.1.